The molecule has 1 aliphatic rings. The molecule has 0 unspecified atom stereocenters. The summed E-state index contributed by atoms with van der Waals surface area (Å²) in [5.74, 6) is -0.143. The van der Waals surface area contributed by atoms with Crippen molar-refractivity contribution in [2.24, 2.45) is 0 Å². The van der Waals surface area contributed by atoms with Crippen LogP contribution in [0, 0.1) is 0 Å². The highest BCUT2D eigenvalue weighted by Crippen LogP contribution is 2.29. The number of benzene rings is 1. The first-order valence-corrected chi connectivity index (χ1v) is 8.42. The molecule has 9 heteroatoms. The third-order valence-electron chi connectivity index (χ3n) is 3.30. The molecule has 0 atom stereocenters. The number of hydrogen-bond acceptors (Lipinski definition) is 6. The molecule has 23 heavy (non-hydrogen) atoms. The van der Waals surface area contributed by atoms with E-state index in [9.17, 15) is 13.2 Å². The molecular formula is C14H12ClN3O4S. The Morgan fingerprint density at radius 1 is 1.26 bits per heavy atom. The molecule has 0 spiro atoms. The predicted octanol–water partition coefficient (Wildman–Crippen LogP) is 1.97. The summed E-state index contributed by atoms with van der Waals surface area (Å²) >= 11 is 5.76. The molecule has 120 valence electrons. The number of aromatic nitrogens is 1. The Bertz CT molecular complexity index is 899. The Hall–Kier alpha value is -2.32. The minimum Gasteiger partial charge on any atom is -0.383 e. The molecule has 2 heterocycles. The Morgan fingerprint density at radius 2 is 2.04 bits per heavy atom. The maximum absolute atomic E-state index is 12.3. The minimum absolute atomic E-state index is 0.0726. The maximum atomic E-state index is 12.3. The summed E-state index contributed by atoms with van der Waals surface area (Å²) in [6, 6.07) is 5.80. The number of hydrogen-bond donors (Lipinski definition) is 2. The van der Waals surface area contributed by atoms with Crippen LogP contribution in [0.4, 0.5) is 11.5 Å². The van der Waals surface area contributed by atoms with E-state index in [-0.39, 0.29) is 27.4 Å². The van der Waals surface area contributed by atoms with Crippen molar-refractivity contribution in [2.75, 3.05) is 11.1 Å². The molecule has 1 aliphatic heterocycles. The van der Waals surface area contributed by atoms with Gasteiger partial charge in [-0.25, -0.2) is 4.98 Å². The van der Waals surface area contributed by atoms with Crippen molar-refractivity contribution in [1.29, 1.82) is 0 Å². The van der Waals surface area contributed by atoms with E-state index in [4.69, 9.17) is 21.5 Å². The van der Waals surface area contributed by atoms with Crippen molar-refractivity contribution in [1.82, 2.24) is 4.98 Å². The number of amides is 1. The van der Waals surface area contributed by atoms with Gasteiger partial charge in [-0.15, -0.1) is 0 Å². The van der Waals surface area contributed by atoms with Gasteiger partial charge in [-0.1, -0.05) is 11.6 Å². The van der Waals surface area contributed by atoms with Gasteiger partial charge in [0, 0.05) is 18.3 Å². The third kappa shape index (κ3) is 3.22. The lowest BCUT2D eigenvalue weighted by atomic mass is 10.0. The van der Waals surface area contributed by atoms with Gasteiger partial charge in [0.25, 0.3) is 0 Å². The number of rotatable bonds is 3. The Balaban J connectivity index is 1.92. The molecule has 3 rings (SSSR count). The Kier molecular flexibility index (Phi) is 3.87. The first-order chi connectivity index (χ1) is 10.8. The number of carbonyl (C=O) groups excluding carboxylic acids is 1. The number of aryl methyl sites for hydroxylation is 1. The van der Waals surface area contributed by atoms with Gasteiger partial charge in [0.05, 0.1) is 5.02 Å². The monoisotopic (exact) mass is 353 g/mol. The Morgan fingerprint density at radius 3 is 2.83 bits per heavy atom. The first kappa shape index (κ1) is 15.6. The van der Waals surface area contributed by atoms with Gasteiger partial charge in [-0.05, 0) is 36.2 Å². The van der Waals surface area contributed by atoms with E-state index in [1.165, 1.54) is 18.3 Å². The van der Waals surface area contributed by atoms with Crippen LogP contribution in [0.1, 0.15) is 12.0 Å². The lowest BCUT2D eigenvalue weighted by Gasteiger charge is -2.17. The number of fused-ring (bicyclic) bond motifs is 1. The van der Waals surface area contributed by atoms with Crippen molar-refractivity contribution < 1.29 is 17.4 Å². The quantitative estimate of drug-likeness (QED) is 0.816. The van der Waals surface area contributed by atoms with E-state index in [1.54, 1.807) is 12.1 Å². The molecule has 0 radical (unpaired) electrons. The third-order valence-corrected chi connectivity index (χ3v) is 4.78. The second-order valence-electron chi connectivity index (χ2n) is 4.94. The van der Waals surface area contributed by atoms with E-state index in [2.05, 4.69) is 10.3 Å². The lowest BCUT2D eigenvalue weighted by Crippen LogP contribution is -2.19. The number of carbonyl (C=O) groups is 1. The zero-order chi connectivity index (χ0) is 16.6. The smallest absolute Gasteiger partial charge is 0.342 e. The zero-order valence-corrected chi connectivity index (χ0v) is 13.3. The molecule has 1 aromatic carbocycles. The number of pyridine rings is 1. The van der Waals surface area contributed by atoms with Gasteiger partial charge in [-0.3, -0.25) is 4.79 Å². The van der Waals surface area contributed by atoms with Crippen molar-refractivity contribution in [3.8, 4) is 5.75 Å². The van der Waals surface area contributed by atoms with E-state index < -0.39 is 10.1 Å². The lowest BCUT2D eigenvalue weighted by molar-refractivity contribution is -0.116. The molecule has 0 saturated carbocycles. The van der Waals surface area contributed by atoms with E-state index in [0.29, 0.717) is 18.5 Å². The van der Waals surface area contributed by atoms with Crippen molar-refractivity contribution in [3.05, 3.63) is 41.0 Å². The van der Waals surface area contributed by atoms with Crippen LogP contribution in [0.15, 0.2) is 35.4 Å². The van der Waals surface area contributed by atoms with Gasteiger partial charge >= 0.3 is 10.1 Å². The normalized spacial score (nSPS) is 14.0. The van der Waals surface area contributed by atoms with E-state index in [0.717, 1.165) is 5.56 Å². The fourth-order valence-electron chi connectivity index (χ4n) is 2.21. The van der Waals surface area contributed by atoms with Gasteiger partial charge in [0.2, 0.25) is 5.91 Å². The average molecular weight is 354 g/mol. The summed E-state index contributed by atoms with van der Waals surface area (Å²) in [7, 11) is -4.16. The van der Waals surface area contributed by atoms with Crippen LogP contribution in [-0.4, -0.2) is 19.3 Å². The second-order valence-corrected chi connectivity index (χ2v) is 6.89. The van der Waals surface area contributed by atoms with Crippen LogP contribution < -0.4 is 15.2 Å². The number of nitrogen functional groups attached to an aromatic ring is 1. The van der Waals surface area contributed by atoms with Gasteiger partial charge in [0.1, 0.15) is 16.5 Å². The number of anilines is 2. The molecule has 0 fully saturated rings. The van der Waals surface area contributed by atoms with Gasteiger partial charge < -0.3 is 15.2 Å². The number of nitrogens with two attached hydrogens (primary N) is 1. The molecule has 1 amide bonds. The number of nitrogens with zero attached hydrogens (tertiary/aromatic N) is 1. The largest absolute Gasteiger partial charge is 0.383 e. The number of nitrogens with one attached hydrogen (secondary N) is 1. The zero-order valence-electron chi connectivity index (χ0n) is 11.7. The Labute approximate surface area is 137 Å². The van der Waals surface area contributed by atoms with Crippen molar-refractivity contribution in [2.45, 2.75) is 17.7 Å². The van der Waals surface area contributed by atoms with Crippen LogP contribution >= 0.6 is 11.6 Å². The SMILES string of the molecule is Nc1ncc(Cl)cc1S(=O)(=O)Oc1ccc2c(c1)CCC(=O)N2. The van der Waals surface area contributed by atoms with Crippen LogP contribution in [0.5, 0.6) is 5.75 Å². The summed E-state index contributed by atoms with van der Waals surface area (Å²) in [5.41, 5.74) is 7.03. The van der Waals surface area contributed by atoms with Crippen molar-refractivity contribution in [3.63, 3.8) is 0 Å². The number of halogens is 1. The molecule has 0 saturated heterocycles. The van der Waals surface area contributed by atoms with Crippen molar-refractivity contribution >= 4 is 39.1 Å². The van der Waals surface area contributed by atoms with Gasteiger partial charge in [0.15, 0.2) is 0 Å². The average Bonchev–Trinajstić information content (AvgIpc) is 2.49. The highest BCUT2D eigenvalue weighted by atomic mass is 35.5. The first-order valence-electron chi connectivity index (χ1n) is 6.63. The molecule has 0 bridgehead atoms. The van der Waals surface area contributed by atoms with Crippen LogP contribution in [0.3, 0.4) is 0 Å². The fraction of sp³-hybridized carbons (Fsp3) is 0.143. The van der Waals surface area contributed by atoms with Crippen LogP contribution in [-0.2, 0) is 21.3 Å². The minimum atomic E-state index is -4.16. The van der Waals surface area contributed by atoms with Crippen LogP contribution in [0.25, 0.3) is 0 Å². The molecule has 0 aliphatic carbocycles. The summed E-state index contributed by atoms with van der Waals surface area (Å²) < 4.78 is 29.7. The van der Waals surface area contributed by atoms with E-state index in [1.807, 2.05) is 0 Å². The molecule has 7 nitrogen and oxygen atoms in total. The summed E-state index contributed by atoms with van der Waals surface area (Å²) in [5, 5.41) is 2.84. The topological polar surface area (TPSA) is 111 Å². The van der Waals surface area contributed by atoms with Crippen LogP contribution in [0.2, 0.25) is 5.02 Å². The molecule has 2 aromatic rings. The van der Waals surface area contributed by atoms with E-state index >= 15 is 0 Å². The highest BCUT2D eigenvalue weighted by molar-refractivity contribution is 7.87. The summed E-state index contributed by atoms with van der Waals surface area (Å²) in [4.78, 5) is 14.7. The fourth-order valence-corrected chi connectivity index (χ4v) is 3.46. The molecule has 3 N–H and O–H groups in total. The second kappa shape index (κ2) is 5.71. The molecule has 1 aromatic heterocycles. The standard InChI is InChI=1S/C14H12ClN3O4S/c15-9-6-12(14(16)17-7-9)23(20,21)22-10-2-3-11-8(5-10)1-4-13(19)18-11/h2-3,5-7H,1,4H2,(H2,16,17)(H,18,19). The summed E-state index contributed by atoms with van der Waals surface area (Å²) in [6.45, 7) is 0. The summed E-state index contributed by atoms with van der Waals surface area (Å²) in [6.07, 6.45) is 2.10. The van der Waals surface area contributed by atoms with Gasteiger partial charge in [-0.2, -0.15) is 8.42 Å². The predicted molar refractivity (Wildman–Crippen MR) is 84.9 cm³/mol. The molecular weight excluding hydrogens is 342 g/mol. The highest BCUT2D eigenvalue weighted by Gasteiger charge is 2.23. The maximum Gasteiger partial charge on any atom is 0.342 e.